The van der Waals surface area contributed by atoms with Crippen molar-refractivity contribution in [2.75, 3.05) is 6.61 Å². The van der Waals surface area contributed by atoms with E-state index >= 15 is 0 Å². The summed E-state index contributed by atoms with van der Waals surface area (Å²) in [5.41, 5.74) is 0. The molecule has 0 aliphatic rings. The summed E-state index contributed by atoms with van der Waals surface area (Å²) in [5.74, 6) is -0.252. The zero-order valence-corrected chi connectivity index (χ0v) is 9.21. The van der Waals surface area contributed by atoms with Crippen molar-refractivity contribution in [3.63, 3.8) is 0 Å². The molecule has 0 atom stereocenters. The van der Waals surface area contributed by atoms with Gasteiger partial charge in [0.25, 0.3) is 0 Å². The van der Waals surface area contributed by atoms with Gasteiger partial charge in [-0.05, 0) is 19.0 Å². The molecule has 0 aliphatic heterocycles. The molecule has 0 aromatic carbocycles. The van der Waals surface area contributed by atoms with Crippen molar-refractivity contribution in [1.29, 1.82) is 0 Å². The van der Waals surface area contributed by atoms with E-state index in [4.69, 9.17) is 26.9 Å². The summed E-state index contributed by atoms with van der Waals surface area (Å²) >= 11 is 11.6. The van der Waals surface area contributed by atoms with Crippen LogP contribution in [-0.2, 0) is 9.53 Å². The molecule has 0 heterocycles. The molecule has 0 aromatic heterocycles. The second-order valence-electron chi connectivity index (χ2n) is 2.51. The highest BCUT2D eigenvalue weighted by molar-refractivity contribution is 7.44. The maximum atomic E-state index is 10.3. The Bertz CT molecular complexity index is 133. The maximum absolute atomic E-state index is 10.3. The Kier molecular flexibility index (Phi) is 5.13. The van der Waals surface area contributed by atoms with E-state index in [1.807, 2.05) is 6.55 Å². The number of rotatable bonds is 4. The van der Waals surface area contributed by atoms with Gasteiger partial charge in [-0.15, -0.1) is 22.2 Å². The Morgan fingerprint density at radius 2 is 2.09 bits per heavy atom. The summed E-state index contributed by atoms with van der Waals surface area (Å²) < 4.78 is 4.70. The lowest BCUT2D eigenvalue weighted by atomic mass is 10.5. The highest BCUT2D eigenvalue weighted by Gasteiger charge is 2.19. The zero-order chi connectivity index (χ0) is 8.91. The van der Waals surface area contributed by atoms with Gasteiger partial charge in [-0.3, -0.25) is 4.79 Å². The molecule has 2 nitrogen and oxygen atoms in total. The summed E-state index contributed by atoms with van der Waals surface area (Å²) in [4.78, 5) is 10.3. The minimum absolute atomic E-state index is 0.252. The lowest BCUT2D eigenvalue weighted by Crippen LogP contribution is -2.13. The summed E-state index contributed by atoms with van der Waals surface area (Å²) in [6, 6.07) is 0.767. The fourth-order valence-corrected chi connectivity index (χ4v) is 2.17. The first kappa shape index (κ1) is 11.3. The van der Waals surface area contributed by atoms with Crippen LogP contribution in [0, 0.1) is 0 Å². The highest BCUT2D eigenvalue weighted by atomic mass is 35.7. The van der Waals surface area contributed by atoms with Crippen LogP contribution in [0.25, 0.3) is 0 Å². The van der Waals surface area contributed by atoms with Gasteiger partial charge in [-0.2, -0.15) is 0 Å². The number of carbonyl (C=O) groups excluding carboxylic acids is 1. The predicted octanol–water partition coefficient (Wildman–Crippen LogP) is 2.49. The van der Waals surface area contributed by atoms with E-state index in [0.29, 0.717) is 6.61 Å². The van der Waals surface area contributed by atoms with E-state index in [9.17, 15) is 4.79 Å². The molecule has 66 valence electrons. The second kappa shape index (κ2) is 5.01. The van der Waals surface area contributed by atoms with Crippen LogP contribution in [0.2, 0.25) is 12.6 Å². The summed E-state index contributed by atoms with van der Waals surface area (Å²) in [6.07, 6.45) is 0.759. The Morgan fingerprint density at radius 1 is 1.55 bits per heavy atom. The van der Waals surface area contributed by atoms with Gasteiger partial charge >= 0.3 is 5.97 Å². The molecule has 11 heavy (non-hydrogen) atoms. The van der Waals surface area contributed by atoms with Crippen LogP contribution >= 0.6 is 22.2 Å². The van der Waals surface area contributed by atoms with Gasteiger partial charge in [0.05, 0.1) is 6.61 Å². The fraction of sp³-hybridized carbons (Fsp3) is 0.833. The molecular weight excluding hydrogens is 203 g/mol. The van der Waals surface area contributed by atoms with Gasteiger partial charge in [-0.25, -0.2) is 0 Å². The summed E-state index contributed by atoms with van der Waals surface area (Å²) in [6.45, 7) is 1.69. The van der Waals surface area contributed by atoms with Crippen molar-refractivity contribution in [2.24, 2.45) is 0 Å². The molecule has 0 unspecified atom stereocenters. The molecule has 0 fully saturated rings. The average molecular weight is 215 g/mol. The van der Waals surface area contributed by atoms with E-state index in [2.05, 4.69) is 0 Å². The molecule has 0 N–H and O–H groups in total. The first-order chi connectivity index (χ1) is 4.92. The molecule has 0 radical (unpaired) electrons. The molecule has 0 amide bonds. The molecule has 0 bridgehead atoms. The van der Waals surface area contributed by atoms with Gasteiger partial charge in [-0.1, -0.05) is 0 Å². The van der Waals surface area contributed by atoms with Crippen LogP contribution in [0.1, 0.15) is 13.3 Å². The minimum Gasteiger partial charge on any atom is -0.466 e. The lowest BCUT2D eigenvalue weighted by Gasteiger charge is -2.08. The van der Waals surface area contributed by atoms with Gasteiger partial charge < -0.3 is 4.74 Å². The Hall–Kier alpha value is 0.267. The van der Waals surface area contributed by atoms with Crippen molar-refractivity contribution >= 4 is 34.8 Å². The Morgan fingerprint density at radius 3 is 2.45 bits per heavy atom. The summed E-state index contributed by atoms with van der Waals surface area (Å²) in [5, 5.41) is 0. The standard InChI is InChI=1S/C6H12Cl2O2Si/c1-6(9)10-4-3-5-11(2,7)8/h3-5H2,1-2H3. The third-order valence-electron chi connectivity index (χ3n) is 1.07. The molecule has 5 heteroatoms. The highest BCUT2D eigenvalue weighted by Crippen LogP contribution is 2.21. The van der Waals surface area contributed by atoms with Crippen LogP contribution in [0.3, 0.4) is 0 Å². The van der Waals surface area contributed by atoms with Crippen molar-refractivity contribution in [1.82, 2.24) is 0 Å². The van der Waals surface area contributed by atoms with E-state index < -0.39 is 6.69 Å². The molecule has 0 spiro atoms. The van der Waals surface area contributed by atoms with Crippen LogP contribution in [0.5, 0.6) is 0 Å². The molecule has 0 saturated heterocycles. The number of hydrogen-bond donors (Lipinski definition) is 0. The Labute approximate surface area is 77.2 Å². The van der Waals surface area contributed by atoms with Gasteiger partial charge in [0.1, 0.15) is 0 Å². The number of carbonyl (C=O) groups is 1. The Balaban J connectivity index is 3.22. The number of hydrogen-bond acceptors (Lipinski definition) is 2. The normalized spacial score (nSPS) is 11.3. The van der Waals surface area contributed by atoms with E-state index in [1.165, 1.54) is 6.92 Å². The second-order valence-corrected chi connectivity index (χ2v) is 10.7. The number of ether oxygens (including phenoxy) is 1. The van der Waals surface area contributed by atoms with E-state index in [1.54, 1.807) is 0 Å². The zero-order valence-electron chi connectivity index (χ0n) is 6.69. The molecule has 0 aliphatic carbocycles. The van der Waals surface area contributed by atoms with Crippen LogP contribution in [-0.4, -0.2) is 19.3 Å². The molecular formula is C6H12Cl2O2Si. The van der Waals surface area contributed by atoms with Crippen molar-refractivity contribution in [2.45, 2.75) is 25.9 Å². The van der Waals surface area contributed by atoms with Crippen molar-refractivity contribution in [3.05, 3.63) is 0 Å². The van der Waals surface area contributed by atoms with E-state index in [0.717, 1.165) is 12.5 Å². The number of halogens is 2. The van der Waals surface area contributed by atoms with Crippen molar-refractivity contribution in [3.8, 4) is 0 Å². The topological polar surface area (TPSA) is 26.3 Å². The molecule has 0 aromatic rings. The monoisotopic (exact) mass is 214 g/mol. The number of esters is 1. The predicted molar refractivity (Wildman–Crippen MR) is 49.4 cm³/mol. The lowest BCUT2D eigenvalue weighted by molar-refractivity contribution is -0.140. The van der Waals surface area contributed by atoms with E-state index in [-0.39, 0.29) is 5.97 Å². The largest absolute Gasteiger partial charge is 0.466 e. The van der Waals surface area contributed by atoms with Crippen molar-refractivity contribution < 1.29 is 9.53 Å². The van der Waals surface area contributed by atoms with Crippen LogP contribution in [0.15, 0.2) is 0 Å². The fourth-order valence-electron chi connectivity index (χ4n) is 0.598. The quantitative estimate of drug-likeness (QED) is 0.311. The average Bonchev–Trinajstić information content (AvgIpc) is 1.78. The smallest absolute Gasteiger partial charge is 0.302 e. The SMILES string of the molecule is CC(=O)OCCC[Si](C)(Cl)Cl. The maximum Gasteiger partial charge on any atom is 0.302 e. The molecule has 0 rings (SSSR count). The summed E-state index contributed by atoms with van der Waals surface area (Å²) in [7, 11) is 0. The first-order valence-corrected chi connectivity index (χ1v) is 8.16. The van der Waals surface area contributed by atoms with Gasteiger partial charge in [0.15, 0.2) is 0 Å². The van der Waals surface area contributed by atoms with Gasteiger partial charge in [0.2, 0.25) is 6.69 Å². The van der Waals surface area contributed by atoms with Crippen LogP contribution < -0.4 is 0 Å². The first-order valence-electron chi connectivity index (χ1n) is 3.43. The van der Waals surface area contributed by atoms with Crippen LogP contribution in [0.4, 0.5) is 0 Å². The molecule has 0 saturated carbocycles. The minimum atomic E-state index is -1.98. The van der Waals surface area contributed by atoms with Gasteiger partial charge in [0, 0.05) is 6.92 Å². The third kappa shape index (κ3) is 10.3. The third-order valence-corrected chi connectivity index (χ3v) is 3.43.